The molecule has 126 valence electrons. The van der Waals surface area contributed by atoms with Gasteiger partial charge in [0, 0.05) is 31.1 Å². The lowest BCUT2D eigenvalue weighted by atomic mass is 10.2. The molecule has 0 atom stereocenters. The van der Waals surface area contributed by atoms with Crippen molar-refractivity contribution in [3.05, 3.63) is 23.5 Å². The molecular weight excluding hydrogens is 328 g/mol. The summed E-state index contributed by atoms with van der Waals surface area (Å²) in [6.07, 6.45) is 1.03. The molecule has 0 unspecified atom stereocenters. The van der Waals surface area contributed by atoms with Gasteiger partial charge in [-0.2, -0.15) is 13.2 Å². The van der Waals surface area contributed by atoms with Crippen molar-refractivity contribution in [3.63, 3.8) is 0 Å². The summed E-state index contributed by atoms with van der Waals surface area (Å²) >= 11 is 0.694. The smallest absolute Gasteiger partial charge is 0.367 e. The average Bonchev–Trinajstić information content (AvgIpc) is 2.47. The van der Waals surface area contributed by atoms with E-state index in [1.165, 1.54) is 12.1 Å². The number of rotatable bonds is 4. The second-order valence-electron chi connectivity index (χ2n) is 5.44. The highest BCUT2D eigenvalue weighted by atomic mass is 32.2. The molecule has 0 radical (unpaired) electrons. The van der Waals surface area contributed by atoms with E-state index in [-0.39, 0.29) is 0 Å². The SMILES string of the molecule is C#CCN1CCN(c2cc(SCC(F)(F)F)c(C)cc2F)CC1. The maximum absolute atomic E-state index is 14.2. The van der Waals surface area contributed by atoms with E-state index in [2.05, 4.69) is 10.8 Å². The number of thioether (sulfide) groups is 1. The maximum Gasteiger partial charge on any atom is 0.398 e. The van der Waals surface area contributed by atoms with Crippen LogP contribution in [0, 0.1) is 25.1 Å². The summed E-state index contributed by atoms with van der Waals surface area (Å²) in [4.78, 5) is 4.41. The molecule has 2 nitrogen and oxygen atoms in total. The van der Waals surface area contributed by atoms with Crippen LogP contribution in [0.4, 0.5) is 23.2 Å². The highest BCUT2D eigenvalue weighted by molar-refractivity contribution is 7.99. The van der Waals surface area contributed by atoms with Gasteiger partial charge in [-0.3, -0.25) is 4.90 Å². The minimum Gasteiger partial charge on any atom is -0.367 e. The molecule has 0 bridgehead atoms. The zero-order valence-corrected chi connectivity index (χ0v) is 13.6. The van der Waals surface area contributed by atoms with Crippen LogP contribution in [-0.4, -0.2) is 49.6 Å². The largest absolute Gasteiger partial charge is 0.398 e. The Hall–Kier alpha value is -1.39. The second kappa shape index (κ2) is 7.45. The number of benzene rings is 1. The molecule has 0 aliphatic carbocycles. The van der Waals surface area contributed by atoms with E-state index in [0.717, 1.165) is 0 Å². The van der Waals surface area contributed by atoms with Crippen LogP contribution >= 0.6 is 11.8 Å². The molecule has 23 heavy (non-hydrogen) atoms. The number of anilines is 1. The summed E-state index contributed by atoms with van der Waals surface area (Å²) in [5.41, 5.74) is 0.882. The maximum atomic E-state index is 14.2. The van der Waals surface area contributed by atoms with Crippen LogP contribution in [0.25, 0.3) is 0 Å². The molecule has 0 N–H and O–H groups in total. The van der Waals surface area contributed by atoms with E-state index in [9.17, 15) is 17.6 Å². The third-order valence-electron chi connectivity index (χ3n) is 3.66. The lowest BCUT2D eigenvalue weighted by Gasteiger charge is -2.35. The normalized spacial score (nSPS) is 16.4. The monoisotopic (exact) mass is 346 g/mol. The molecule has 1 aromatic rings. The van der Waals surface area contributed by atoms with Crippen molar-refractivity contribution in [2.45, 2.75) is 18.0 Å². The van der Waals surface area contributed by atoms with Crippen LogP contribution in [0.15, 0.2) is 17.0 Å². The Bertz CT molecular complexity index is 587. The van der Waals surface area contributed by atoms with Crippen LogP contribution < -0.4 is 4.90 Å². The van der Waals surface area contributed by atoms with Crippen molar-refractivity contribution in [2.24, 2.45) is 0 Å². The van der Waals surface area contributed by atoms with Crippen molar-refractivity contribution >= 4 is 17.4 Å². The van der Waals surface area contributed by atoms with Crippen LogP contribution in [0.5, 0.6) is 0 Å². The minimum absolute atomic E-state index is 0.362. The van der Waals surface area contributed by atoms with E-state index in [0.29, 0.717) is 60.6 Å². The number of hydrogen-bond acceptors (Lipinski definition) is 3. The van der Waals surface area contributed by atoms with Gasteiger partial charge in [0.2, 0.25) is 0 Å². The Balaban J connectivity index is 2.11. The van der Waals surface area contributed by atoms with E-state index in [1.54, 1.807) is 6.92 Å². The first-order valence-electron chi connectivity index (χ1n) is 7.20. The molecule has 1 saturated heterocycles. The van der Waals surface area contributed by atoms with E-state index in [4.69, 9.17) is 6.42 Å². The molecule has 0 aromatic heterocycles. The third-order valence-corrected chi connectivity index (χ3v) is 4.89. The standard InChI is InChI=1S/C16H18F4N2S/c1-3-4-21-5-7-22(8-6-21)14-10-15(12(2)9-13(14)17)23-11-16(18,19)20/h1,9-10H,4-8,11H2,2H3. The summed E-state index contributed by atoms with van der Waals surface area (Å²) in [6, 6.07) is 2.83. The molecule has 1 aliphatic rings. The Morgan fingerprint density at radius 1 is 1.22 bits per heavy atom. The van der Waals surface area contributed by atoms with Crippen molar-refractivity contribution in [1.82, 2.24) is 4.90 Å². The van der Waals surface area contributed by atoms with Gasteiger partial charge in [-0.05, 0) is 24.6 Å². The van der Waals surface area contributed by atoms with Gasteiger partial charge in [-0.1, -0.05) is 5.92 Å². The molecule has 0 saturated carbocycles. The topological polar surface area (TPSA) is 6.48 Å². The average molecular weight is 346 g/mol. The van der Waals surface area contributed by atoms with Gasteiger partial charge in [0.1, 0.15) is 5.82 Å². The Morgan fingerprint density at radius 2 is 1.87 bits per heavy atom. The lowest BCUT2D eigenvalue weighted by Crippen LogP contribution is -2.46. The van der Waals surface area contributed by atoms with E-state index in [1.807, 2.05) is 4.90 Å². The summed E-state index contributed by atoms with van der Waals surface area (Å²) in [7, 11) is 0. The molecular formula is C16H18F4N2S. The van der Waals surface area contributed by atoms with Gasteiger partial charge in [0.15, 0.2) is 0 Å². The van der Waals surface area contributed by atoms with Crippen LogP contribution in [0.2, 0.25) is 0 Å². The predicted molar refractivity (Wildman–Crippen MR) is 85.4 cm³/mol. The van der Waals surface area contributed by atoms with Gasteiger partial charge in [0.25, 0.3) is 0 Å². The number of halogens is 4. The first-order chi connectivity index (χ1) is 10.8. The van der Waals surface area contributed by atoms with Gasteiger partial charge < -0.3 is 4.90 Å². The second-order valence-corrected chi connectivity index (χ2v) is 6.46. The zero-order valence-electron chi connectivity index (χ0n) is 12.8. The van der Waals surface area contributed by atoms with Crippen LogP contribution in [0.3, 0.4) is 0 Å². The van der Waals surface area contributed by atoms with E-state index < -0.39 is 17.7 Å². The summed E-state index contributed by atoms with van der Waals surface area (Å²) in [6.45, 7) is 4.80. The summed E-state index contributed by atoms with van der Waals surface area (Å²) in [5.74, 6) is 1.20. The third kappa shape index (κ3) is 5.05. The fraction of sp³-hybridized carbons (Fsp3) is 0.500. The Labute approximate surface area is 137 Å². The van der Waals surface area contributed by atoms with Crippen molar-refractivity contribution in [3.8, 4) is 12.3 Å². The molecule has 1 aromatic carbocycles. The first-order valence-corrected chi connectivity index (χ1v) is 8.19. The number of terminal acetylenes is 1. The Kier molecular flexibility index (Phi) is 5.82. The van der Waals surface area contributed by atoms with Crippen molar-refractivity contribution in [1.29, 1.82) is 0 Å². The van der Waals surface area contributed by atoms with E-state index >= 15 is 0 Å². The fourth-order valence-electron chi connectivity index (χ4n) is 2.48. The van der Waals surface area contributed by atoms with Gasteiger partial charge in [-0.25, -0.2) is 4.39 Å². The molecule has 2 rings (SSSR count). The van der Waals surface area contributed by atoms with Crippen LogP contribution in [-0.2, 0) is 0 Å². The Morgan fingerprint density at radius 3 is 2.43 bits per heavy atom. The van der Waals surface area contributed by atoms with Crippen LogP contribution in [0.1, 0.15) is 5.56 Å². The summed E-state index contributed by atoms with van der Waals surface area (Å²) in [5, 5.41) is 0. The van der Waals surface area contributed by atoms with Gasteiger partial charge in [0.05, 0.1) is 18.0 Å². The number of hydrogen-bond donors (Lipinski definition) is 0. The first kappa shape index (κ1) is 18.0. The number of nitrogens with zero attached hydrogens (tertiary/aromatic N) is 2. The predicted octanol–water partition coefficient (Wildman–Crippen LogP) is 3.54. The molecule has 0 amide bonds. The number of alkyl halides is 3. The highest BCUT2D eigenvalue weighted by Crippen LogP contribution is 2.34. The zero-order chi connectivity index (χ0) is 17.0. The van der Waals surface area contributed by atoms with Gasteiger partial charge in [-0.15, -0.1) is 18.2 Å². The molecule has 1 fully saturated rings. The number of aryl methyl sites for hydroxylation is 1. The highest BCUT2D eigenvalue weighted by Gasteiger charge is 2.28. The molecule has 1 heterocycles. The van der Waals surface area contributed by atoms with Gasteiger partial charge >= 0.3 is 6.18 Å². The summed E-state index contributed by atoms with van der Waals surface area (Å²) < 4.78 is 51.4. The van der Waals surface area contributed by atoms with Crippen molar-refractivity contribution < 1.29 is 17.6 Å². The molecule has 7 heteroatoms. The quantitative estimate of drug-likeness (QED) is 0.468. The fourth-order valence-corrected chi connectivity index (χ4v) is 3.28. The lowest BCUT2D eigenvalue weighted by molar-refractivity contribution is -0.105. The molecule has 1 aliphatic heterocycles. The molecule has 0 spiro atoms. The number of piperazine rings is 1. The minimum atomic E-state index is -4.24. The van der Waals surface area contributed by atoms with Crippen molar-refractivity contribution in [2.75, 3.05) is 43.4 Å².